The van der Waals surface area contributed by atoms with Crippen molar-refractivity contribution < 1.29 is 13.2 Å². The number of hydrogen-bond acceptors (Lipinski definition) is 1. The number of halogens is 3. The molecule has 0 fully saturated rings. The number of nitrogens with one attached hydrogen (secondary N) is 1. The van der Waals surface area contributed by atoms with Crippen molar-refractivity contribution in [3.63, 3.8) is 0 Å². The summed E-state index contributed by atoms with van der Waals surface area (Å²) in [5.74, 6) is 0. The van der Waals surface area contributed by atoms with Crippen LogP contribution in [0.25, 0.3) is 6.08 Å². The van der Waals surface area contributed by atoms with Gasteiger partial charge in [-0.05, 0) is 44.5 Å². The zero-order valence-corrected chi connectivity index (χ0v) is 11.5. The van der Waals surface area contributed by atoms with Crippen molar-refractivity contribution >= 4 is 6.08 Å². The summed E-state index contributed by atoms with van der Waals surface area (Å²) < 4.78 is 37.8. The molecule has 0 aliphatic heterocycles. The van der Waals surface area contributed by atoms with Crippen molar-refractivity contribution in [2.24, 2.45) is 0 Å². The van der Waals surface area contributed by atoms with Crippen molar-refractivity contribution in [3.05, 3.63) is 41.0 Å². The van der Waals surface area contributed by atoms with Crippen LogP contribution in [-0.2, 0) is 6.18 Å². The molecule has 1 nitrogen and oxygen atoms in total. The fourth-order valence-corrected chi connectivity index (χ4v) is 1.71. The maximum absolute atomic E-state index is 12.6. The Morgan fingerprint density at radius 1 is 1.37 bits per heavy atom. The molecule has 106 valence electrons. The molecule has 1 aromatic rings. The summed E-state index contributed by atoms with van der Waals surface area (Å²) in [4.78, 5) is 0. The van der Waals surface area contributed by atoms with Gasteiger partial charge in [-0.2, -0.15) is 13.2 Å². The molecule has 0 bridgehead atoms. The monoisotopic (exact) mass is 271 g/mol. The van der Waals surface area contributed by atoms with Crippen LogP contribution in [0.4, 0.5) is 13.2 Å². The van der Waals surface area contributed by atoms with Gasteiger partial charge in [0.1, 0.15) is 0 Å². The Bertz CT molecular complexity index is 435. The molecule has 0 aliphatic rings. The van der Waals surface area contributed by atoms with E-state index in [0.717, 1.165) is 24.6 Å². The van der Waals surface area contributed by atoms with Gasteiger partial charge >= 0.3 is 6.18 Å². The Hall–Kier alpha value is -1.29. The van der Waals surface area contributed by atoms with E-state index in [-0.39, 0.29) is 6.04 Å². The molecule has 1 atom stereocenters. The summed E-state index contributed by atoms with van der Waals surface area (Å²) >= 11 is 0. The fourth-order valence-electron chi connectivity index (χ4n) is 1.71. The summed E-state index contributed by atoms with van der Waals surface area (Å²) in [6, 6.07) is 5.55. The van der Waals surface area contributed by atoms with Crippen LogP contribution < -0.4 is 5.32 Å². The molecule has 0 aromatic heterocycles. The van der Waals surface area contributed by atoms with Crippen LogP contribution in [0.3, 0.4) is 0 Å². The number of benzene rings is 1. The second-order valence-electron chi connectivity index (χ2n) is 4.69. The van der Waals surface area contributed by atoms with Crippen LogP contribution >= 0.6 is 0 Å². The van der Waals surface area contributed by atoms with Gasteiger partial charge in [-0.3, -0.25) is 0 Å². The van der Waals surface area contributed by atoms with E-state index >= 15 is 0 Å². The molecule has 1 unspecified atom stereocenters. The van der Waals surface area contributed by atoms with Crippen LogP contribution in [0.1, 0.15) is 38.3 Å². The van der Waals surface area contributed by atoms with Crippen LogP contribution in [0.5, 0.6) is 0 Å². The Morgan fingerprint density at radius 2 is 2.05 bits per heavy atom. The Morgan fingerprint density at radius 3 is 2.63 bits per heavy atom. The van der Waals surface area contributed by atoms with E-state index in [1.807, 2.05) is 13.8 Å². The summed E-state index contributed by atoms with van der Waals surface area (Å²) in [6.45, 7) is 6.91. The van der Waals surface area contributed by atoms with Crippen molar-refractivity contribution in [2.45, 2.75) is 39.4 Å². The first-order chi connectivity index (χ1) is 8.84. The van der Waals surface area contributed by atoms with Gasteiger partial charge in [0.05, 0.1) is 5.56 Å². The molecule has 1 N–H and O–H groups in total. The highest BCUT2D eigenvalue weighted by Crippen LogP contribution is 2.30. The van der Waals surface area contributed by atoms with Gasteiger partial charge in [-0.15, -0.1) is 0 Å². The van der Waals surface area contributed by atoms with Crippen molar-refractivity contribution in [2.75, 3.05) is 6.54 Å². The topological polar surface area (TPSA) is 12.0 Å². The van der Waals surface area contributed by atoms with Crippen LogP contribution in [0, 0.1) is 0 Å². The molecule has 19 heavy (non-hydrogen) atoms. The van der Waals surface area contributed by atoms with E-state index in [0.29, 0.717) is 5.56 Å². The first-order valence-electron chi connectivity index (χ1n) is 6.43. The average Bonchev–Trinajstić information content (AvgIpc) is 2.35. The average molecular weight is 271 g/mol. The number of alkyl halides is 3. The van der Waals surface area contributed by atoms with Crippen molar-refractivity contribution in [1.82, 2.24) is 5.32 Å². The van der Waals surface area contributed by atoms with Crippen LogP contribution in [0.2, 0.25) is 0 Å². The van der Waals surface area contributed by atoms with Crippen molar-refractivity contribution in [1.29, 1.82) is 0 Å². The van der Waals surface area contributed by atoms with Gasteiger partial charge in [0.2, 0.25) is 0 Å². The highest BCUT2D eigenvalue weighted by molar-refractivity contribution is 5.54. The van der Waals surface area contributed by atoms with Gasteiger partial charge in [-0.25, -0.2) is 0 Å². The molecule has 0 saturated carbocycles. The van der Waals surface area contributed by atoms with E-state index < -0.39 is 11.7 Å². The minimum absolute atomic E-state index is 0.162. The molecule has 0 aliphatic carbocycles. The number of hydrogen-bond donors (Lipinski definition) is 1. The fraction of sp³-hybridized carbons (Fsp3) is 0.467. The third-order valence-electron chi connectivity index (χ3n) is 2.99. The summed E-state index contributed by atoms with van der Waals surface area (Å²) in [7, 11) is 0. The minimum Gasteiger partial charge on any atom is -0.311 e. The highest BCUT2D eigenvalue weighted by atomic mass is 19.4. The first-order valence-corrected chi connectivity index (χ1v) is 6.43. The number of rotatable bonds is 5. The van der Waals surface area contributed by atoms with E-state index in [4.69, 9.17) is 0 Å². The van der Waals surface area contributed by atoms with E-state index in [9.17, 15) is 13.2 Å². The largest absolute Gasteiger partial charge is 0.416 e. The normalized spacial score (nSPS) is 14.5. The lowest BCUT2D eigenvalue weighted by atomic mass is 10.0. The van der Waals surface area contributed by atoms with E-state index in [1.54, 1.807) is 12.1 Å². The smallest absolute Gasteiger partial charge is 0.311 e. The SMILES string of the molecule is CCCNC(C)/C(C)=C/c1cccc(C(F)(F)F)c1. The van der Waals surface area contributed by atoms with Gasteiger partial charge < -0.3 is 5.32 Å². The zero-order chi connectivity index (χ0) is 14.5. The highest BCUT2D eigenvalue weighted by Gasteiger charge is 2.30. The molecule has 0 heterocycles. The lowest BCUT2D eigenvalue weighted by Crippen LogP contribution is -2.27. The maximum Gasteiger partial charge on any atom is 0.416 e. The summed E-state index contributed by atoms with van der Waals surface area (Å²) in [5, 5.41) is 3.31. The predicted octanol–water partition coefficient (Wildman–Crippen LogP) is 4.50. The lowest BCUT2D eigenvalue weighted by Gasteiger charge is -2.14. The van der Waals surface area contributed by atoms with Gasteiger partial charge in [0.15, 0.2) is 0 Å². The Kier molecular flexibility index (Phi) is 5.60. The molecule has 0 spiro atoms. The second-order valence-corrected chi connectivity index (χ2v) is 4.69. The molecule has 1 rings (SSSR count). The molecule has 0 amide bonds. The Balaban J connectivity index is 2.86. The maximum atomic E-state index is 12.6. The standard InChI is InChI=1S/C15H20F3N/c1-4-8-19-12(3)11(2)9-13-6-5-7-14(10-13)15(16,17)18/h5-7,9-10,12,19H,4,8H2,1-3H3/b11-9+. The van der Waals surface area contributed by atoms with E-state index in [1.165, 1.54) is 12.1 Å². The summed E-state index contributed by atoms with van der Waals surface area (Å²) in [5.41, 5.74) is 0.994. The summed E-state index contributed by atoms with van der Waals surface area (Å²) in [6.07, 6.45) is -1.46. The Labute approximate surface area is 112 Å². The second kappa shape index (κ2) is 6.75. The van der Waals surface area contributed by atoms with Gasteiger partial charge in [0.25, 0.3) is 0 Å². The van der Waals surface area contributed by atoms with Gasteiger partial charge in [-0.1, -0.05) is 30.7 Å². The third-order valence-corrected chi connectivity index (χ3v) is 2.99. The van der Waals surface area contributed by atoms with Crippen molar-refractivity contribution in [3.8, 4) is 0 Å². The molecule has 4 heteroatoms. The zero-order valence-electron chi connectivity index (χ0n) is 11.5. The quantitative estimate of drug-likeness (QED) is 0.831. The molecule has 0 saturated heterocycles. The van der Waals surface area contributed by atoms with Gasteiger partial charge in [0, 0.05) is 6.04 Å². The minimum atomic E-state index is -4.29. The van der Waals surface area contributed by atoms with E-state index in [2.05, 4.69) is 12.2 Å². The molecular formula is C15H20F3N. The first kappa shape index (κ1) is 15.8. The van der Waals surface area contributed by atoms with Crippen LogP contribution in [-0.4, -0.2) is 12.6 Å². The molecule has 0 radical (unpaired) electrons. The predicted molar refractivity (Wildman–Crippen MR) is 72.9 cm³/mol. The molecule has 1 aromatic carbocycles. The third kappa shape index (κ3) is 5.07. The van der Waals surface area contributed by atoms with Crippen LogP contribution in [0.15, 0.2) is 29.8 Å². The lowest BCUT2D eigenvalue weighted by molar-refractivity contribution is -0.137. The molecular weight excluding hydrogens is 251 g/mol.